The Morgan fingerprint density at radius 2 is 1.76 bits per heavy atom. The van der Waals surface area contributed by atoms with Crippen molar-refractivity contribution in [3.63, 3.8) is 0 Å². The first-order valence-electron chi connectivity index (χ1n) is 12.3. The number of benzene rings is 2. The van der Waals surface area contributed by atoms with Crippen LogP contribution in [0, 0.1) is 18.7 Å². The van der Waals surface area contributed by atoms with E-state index in [1.165, 1.54) is 55.4 Å². The van der Waals surface area contributed by atoms with Gasteiger partial charge in [0.1, 0.15) is 17.7 Å². The van der Waals surface area contributed by atoms with Crippen LogP contribution in [0.4, 0.5) is 14.9 Å². The molecule has 1 aliphatic heterocycles. The maximum absolute atomic E-state index is 13.1. The van der Waals surface area contributed by atoms with Gasteiger partial charge < -0.3 is 20.7 Å². The molecule has 1 saturated carbocycles. The van der Waals surface area contributed by atoms with Gasteiger partial charge in [-0.25, -0.2) is 9.18 Å². The van der Waals surface area contributed by atoms with Crippen molar-refractivity contribution >= 4 is 11.7 Å². The van der Waals surface area contributed by atoms with Crippen LogP contribution in [0.15, 0.2) is 42.5 Å². The molecule has 0 radical (unpaired) electrons. The summed E-state index contributed by atoms with van der Waals surface area (Å²) in [5.74, 6) is 1.89. The standard InChI is InChI=1S/C27H36FN3O2/c1-19-2-9-23(30-27(29)32)18-26(19)21-5-3-20(4-6-21)12-15-31-16-13-25(14-17-31)33-24-10-7-22(28)8-11-24/h2,7-11,18,20-21,25H,3-6,12-17H2,1H3,(H3,29,30,32). The highest BCUT2D eigenvalue weighted by atomic mass is 19.1. The van der Waals surface area contributed by atoms with Crippen LogP contribution in [0.3, 0.4) is 0 Å². The van der Waals surface area contributed by atoms with Crippen LogP contribution in [-0.4, -0.2) is 36.7 Å². The van der Waals surface area contributed by atoms with Gasteiger partial charge in [-0.1, -0.05) is 6.07 Å². The summed E-state index contributed by atoms with van der Waals surface area (Å²) in [5.41, 5.74) is 8.71. The summed E-state index contributed by atoms with van der Waals surface area (Å²) < 4.78 is 19.1. The zero-order valence-corrected chi connectivity index (χ0v) is 19.6. The number of urea groups is 1. The molecule has 1 heterocycles. The fraction of sp³-hybridized carbons (Fsp3) is 0.519. The quantitative estimate of drug-likeness (QED) is 0.554. The Bertz CT molecular complexity index is 917. The molecule has 2 fully saturated rings. The normalized spacial score (nSPS) is 22.1. The lowest BCUT2D eigenvalue weighted by atomic mass is 9.76. The molecule has 4 rings (SSSR count). The average Bonchev–Trinajstić information content (AvgIpc) is 2.81. The molecule has 0 spiro atoms. The van der Waals surface area contributed by atoms with E-state index in [1.807, 2.05) is 6.07 Å². The third kappa shape index (κ3) is 6.70. The van der Waals surface area contributed by atoms with E-state index in [4.69, 9.17) is 10.5 Å². The lowest BCUT2D eigenvalue weighted by Gasteiger charge is -2.34. The number of primary amides is 1. The van der Waals surface area contributed by atoms with Crippen molar-refractivity contribution in [1.82, 2.24) is 4.90 Å². The molecular weight excluding hydrogens is 417 g/mol. The largest absolute Gasteiger partial charge is 0.490 e. The minimum Gasteiger partial charge on any atom is -0.490 e. The van der Waals surface area contributed by atoms with E-state index in [0.717, 1.165) is 49.8 Å². The number of amides is 2. The van der Waals surface area contributed by atoms with E-state index in [1.54, 1.807) is 12.1 Å². The first-order valence-corrected chi connectivity index (χ1v) is 12.3. The predicted octanol–water partition coefficient (Wildman–Crippen LogP) is 5.83. The predicted molar refractivity (Wildman–Crippen MR) is 130 cm³/mol. The molecule has 1 saturated heterocycles. The maximum atomic E-state index is 13.1. The van der Waals surface area contributed by atoms with Gasteiger partial charge in [-0.3, -0.25) is 0 Å². The number of nitrogens with zero attached hydrogens (tertiary/aromatic N) is 1. The van der Waals surface area contributed by atoms with E-state index >= 15 is 0 Å². The lowest BCUT2D eigenvalue weighted by Crippen LogP contribution is -2.39. The van der Waals surface area contributed by atoms with E-state index in [2.05, 4.69) is 29.3 Å². The Balaban J connectivity index is 1.18. The van der Waals surface area contributed by atoms with Crippen molar-refractivity contribution < 1.29 is 13.9 Å². The Labute approximate surface area is 196 Å². The molecule has 0 aromatic heterocycles. The molecule has 3 N–H and O–H groups in total. The average molecular weight is 454 g/mol. The fourth-order valence-electron chi connectivity index (χ4n) is 5.38. The molecular formula is C27H36FN3O2. The molecule has 0 bridgehead atoms. The minimum absolute atomic E-state index is 0.227. The minimum atomic E-state index is -0.514. The summed E-state index contributed by atoms with van der Waals surface area (Å²) in [7, 11) is 0. The highest BCUT2D eigenvalue weighted by Crippen LogP contribution is 2.39. The van der Waals surface area contributed by atoms with E-state index in [9.17, 15) is 9.18 Å². The second kappa shape index (κ2) is 11.0. The lowest BCUT2D eigenvalue weighted by molar-refractivity contribution is 0.0952. The molecule has 2 amide bonds. The number of hydrogen-bond acceptors (Lipinski definition) is 3. The first-order chi connectivity index (χ1) is 16.0. The number of anilines is 1. The van der Waals surface area contributed by atoms with Crippen LogP contribution in [0.5, 0.6) is 5.75 Å². The third-order valence-corrected chi connectivity index (χ3v) is 7.34. The highest BCUT2D eigenvalue weighted by molar-refractivity contribution is 5.87. The fourth-order valence-corrected chi connectivity index (χ4v) is 5.38. The van der Waals surface area contributed by atoms with Gasteiger partial charge in [0.15, 0.2) is 0 Å². The van der Waals surface area contributed by atoms with Gasteiger partial charge in [0.05, 0.1) is 0 Å². The summed E-state index contributed by atoms with van der Waals surface area (Å²) in [4.78, 5) is 13.8. The smallest absolute Gasteiger partial charge is 0.316 e. The van der Waals surface area contributed by atoms with E-state index < -0.39 is 6.03 Å². The summed E-state index contributed by atoms with van der Waals surface area (Å²) in [5, 5.41) is 2.71. The molecule has 33 heavy (non-hydrogen) atoms. The number of nitrogens with two attached hydrogens (primary N) is 1. The number of halogens is 1. The number of piperidine rings is 1. The van der Waals surface area contributed by atoms with Crippen molar-refractivity contribution in [2.75, 3.05) is 25.0 Å². The SMILES string of the molecule is Cc1ccc(NC(N)=O)cc1C1CCC(CCN2CCC(Oc3ccc(F)cc3)CC2)CC1. The van der Waals surface area contributed by atoms with Crippen LogP contribution < -0.4 is 15.8 Å². The molecule has 0 atom stereocenters. The summed E-state index contributed by atoms with van der Waals surface area (Å²) in [6.07, 6.45) is 8.49. The maximum Gasteiger partial charge on any atom is 0.316 e. The van der Waals surface area contributed by atoms with E-state index in [-0.39, 0.29) is 11.9 Å². The number of likely N-dealkylation sites (tertiary alicyclic amines) is 1. The van der Waals surface area contributed by atoms with Crippen molar-refractivity contribution in [3.8, 4) is 5.75 Å². The zero-order chi connectivity index (χ0) is 23.2. The molecule has 2 aliphatic rings. The number of carbonyl (C=O) groups excluding carboxylic acids is 1. The molecule has 2 aromatic rings. The van der Waals surface area contributed by atoms with Crippen molar-refractivity contribution in [2.24, 2.45) is 11.7 Å². The Kier molecular flexibility index (Phi) is 7.86. The number of nitrogens with one attached hydrogen (secondary N) is 1. The second-order valence-electron chi connectivity index (χ2n) is 9.68. The third-order valence-electron chi connectivity index (χ3n) is 7.34. The number of rotatable bonds is 7. The van der Waals surface area contributed by atoms with E-state index in [0.29, 0.717) is 5.92 Å². The number of carbonyl (C=O) groups is 1. The van der Waals surface area contributed by atoms with Gasteiger partial charge in [0, 0.05) is 18.8 Å². The van der Waals surface area contributed by atoms with Crippen molar-refractivity contribution in [3.05, 3.63) is 59.4 Å². The van der Waals surface area contributed by atoms with Gasteiger partial charge in [-0.05, 0) is 118 Å². The van der Waals surface area contributed by atoms with Crippen molar-refractivity contribution in [1.29, 1.82) is 0 Å². The molecule has 5 nitrogen and oxygen atoms in total. The number of ether oxygens (including phenoxy) is 1. The first kappa shape index (κ1) is 23.6. The Hall–Kier alpha value is -2.60. The molecule has 6 heteroatoms. The molecule has 1 aliphatic carbocycles. The van der Waals surface area contributed by atoms with Crippen LogP contribution in [0.1, 0.15) is 62.0 Å². The van der Waals surface area contributed by atoms with Gasteiger partial charge in [0.2, 0.25) is 0 Å². The summed E-state index contributed by atoms with van der Waals surface area (Å²) >= 11 is 0. The van der Waals surface area contributed by atoms with Gasteiger partial charge >= 0.3 is 6.03 Å². The Morgan fingerprint density at radius 1 is 1.06 bits per heavy atom. The van der Waals surface area contributed by atoms with Crippen molar-refractivity contribution in [2.45, 2.75) is 63.9 Å². The highest BCUT2D eigenvalue weighted by Gasteiger charge is 2.25. The number of aryl methyl sites for hydroxylation is 1. The van der Waals surface area contributed by atoms with Crippen LogP contribution in [0.2, 0.25) is 0 Å². The van der Waals surface area contributed by atoms with Crippen LogP contribution in [0.25, 0.3) is 0 Å². The number of hydrogen-bond donors (Lipinski definition) is 2. The molecule has 0 unspecified atom stereocenters. The van der Waals surface area contributed by atoms with Crippen LogP contribution >= 0.6 is 0 Å². The molecule has 2 aromatic carbocycles. The van der Waals surface area contributed by atoms with Gasteiger partial charge in [-0.15, -0.1) is 0 Å². The second-order valence-corrected chi connectivity index (χ2v) is 9.68. The topological polar surface area (TPSA) is 67.6 Å². The zero-order valence-electron chi connectivity index (χ0n) is 19.6. The summed E-state index contributed by atoms with van der Waals surface area (Å²) in [6.45, 7) is 5.45. The molecule has 178 valence electrons. The Morgan fingerprint density at radius 3 is 2.42 bits per heavy atom. The van der Waals surface area contributed by atoms with Crippen LogP contribution in [-0.2, 0) is 0 Å². The summed E-state index contributed by atoms with van der Waals surface area (Å²) in [6, 6.07) is 11.9. The van der Waals surface area contributed by atoms with Gasteiger partial charge in [0.25, 0.3) is 0 Å². The monoisotopic (exact) mass is 453 g/mol. The van der Waals surface area contributed by atoms with Gasteiger partial charge in [-0.2, -0.15) is 0 Å².